The summed E-state index contributed by atoms with van der Waals surface area (Å²) in [5, 5.41) is 3.35. The maximum Gasteiger partial charge on any atom is 0.0483 e. The first-order chi connectivity index (χ1) is 7.11. The third-order valence-corrected chi connectivity index (χ3v) is 3.07. The van der Waals surface area contributed by atoms with Gasteiger partial charge in [0.2, 0.25) is 0 Å². The smallest absolute Gasteiger partial charge is 0.0483 e. The molecule has 0 nitrogen and oxygen atoms in total. The quantitative estimate of drug-likeness (QED) is 0.720. The second-order valence-electron chi connectivity index (χ2n) is 4.03. The molecule has 1 rings (SSSR count). The molecule has 1 aromatic carbocycles. The lowest BCUT2D eigenvalue weighted by molar-refractivity contribution is 0.813. The highest BCUT2D eigenvalue weighted by Gasteiger charge is 2.04. The van der Waals surface area contributed by atoms with Crippen molar-refractivity contribution in [2.45, 2.75) is 34.1 Å². The van der Waals surface area contributed by atoms with E-state index in [4.69, 9.17) is 11.6 Å². The normalized spacial score (nSPS) is 14.7. The van der Waals surface area contributed by atoms with Crippen LogP contribution in [0, 0.1) is 5.92 Å². The first kappa shape index (κ1) is 12.3. The number of hydrogen-bond donors (Lipinski definition) is 0. The maximum absolute atomic E-state index is 6.28. The predicted molar refractivity (Wildman–Crippen MR) is 69.4 cm³/mol. The molecule has 15 heavy (non-hydrogen) atoms. The van der Waals surface area contributed by atoms with Crippen LogP contribution in [0.2, 0.25) is 5.02 Å². The van der Waals surface area contributed by atoms with E-state index in [9.17, 15) is 0 Å². The fraction of sp³-hybridized carbons (Fsp3) is 0.429. The van der Waals surface area contributed by atoms with E-state index in [0.29, 0.717) is 5.92 Å². The van der Waals surface area contributed by atoms with E-state index in [1.165, 1.54) is 16.0 Å². The number of hydrogen-bond acceptors (Lipinski definition) is 0. The van der Waals surface area contributed by atoms with E-state index >= 15 is 0 Å². The molecular weight excluding hydrogens is 204 g/mol. The molecule has 0 amide bonds. The first-order valence-electron chi connectivity index (χ1n) is 5.55. The Kier molecular flexibility index (Phi) is 4.41. The van der Waals surface area contributed by atoms with E-state index in [1.54, 1.807) is 0 Å². The Morgan fingerprint density at radius 1 is 1.40 bits per heavy atom. The molecule has 0 spiro atoms. The number of benzene rings is 1. The van der Waals surface area contributed by atoms with Crippen LogP contribution in [0.3, 0.4) is 0 Å². The van der Waals surface area contributed by atoms with Gasteiger partial charge in [-0.25, -0.2) is 0 Å². The van der Waals surface area contributed by atoms with Crippen LogP contribution < -0.4 is 10.4 Å². The standard InChI is InChI=1S/C14H19Cl/c1-5-11-8-7-9-13(15)14(11)12(6-2)10(3)4/h5,7-10H,6H2,1-4H3/b11-5-,14-12-. The van der Waals surface area contributed by atoms with Crippen molar-refractivity contribution >= 4 is 23.3 Å². The van der Waals surface area contributed by atoms with Crippen molar-refractivity contribution in [3.63, 3.8) is 0 Å². The van der Waals surface area contributed by atoms with Crippen molar-refractivity contribution in [2.75, 3.05) is 0 Å². The third-order valence-electron chi connectivity index (χ3n) is 2.76. The summed E-state index contributed by atoms with van der Waals surface area (Å²) in [5.74, 6) is 0.550. The van der Waals surface area contributed by atoms with E-state index in [-0.39, 0.29) is 0 Å². The SMILES string of the molecule is C/C=c1/cccc(Cl)/c1=C(/CC)C(C)C. The first-order valence-corrected chi connectivity index (χ1v) is 5.93. The van der Waals surface area contributed by atoms with Gasteiger partial charge in [0.15, 0.2) is 0 Å². The van der Waals surface area contributed by atoms with E-state index in [2.05, 4.69) is 39.8 Å². The monoisotopic (exact) mass is 222 g/mol. The van der Waals surface area contributed by atoms with Crippen LogP contribution in [0.15, 0.2) is 18.2 Å². The van der Waals surface area contributed by atoms with Gasteiger partial charge in [-0.2, -0.15) is 0 Å². The Morgan fingerprint density at radius 2 is 2.07 bits per heavy atom. The molecule has 82 valence electrons. The van der Waals surface area contributed by atoms with Gasteiger partial charge >= 0.3 is 0 Å². The van der Waals surface area contributed by atoms with Crippen molar-refractivity contribution in [2.24, 2.45) is 5.92 Å². The molecule has 0 aromatic heterocycles. The summed E-state index contributed by atoms with van der Waals surface area (Å²) in [6.07, 6.45) is 3.18. The molecule has 0 saturated carbocycles. The lowest BCUT2D eigenvalue weighted by atomic mass is 9.97. The molecule has 0 aliphatic carbocycles. The van der Waals surface area contributed by atoms with Crippen molar-refractivity contribution in [1.82, 2.24) is 0 Å². The van der Waals surface area contributed by atoms with Gasteiger partial charge in [0.25, 0.3) is 0 Å². The summed E-state index contributed by atoms with van der Waals surface area (Å²) in [4.78, 5) is 0. The topological polar surface area (TPSA) is 0 Å². The molecule has 0 heterocycles. The summed E-state index contributed by atoms with van der Waals surface area (Å²) in [6.45, 7) is 8.70. The summed E-state index contributed by atoms with van der Waals surface area (Å²) < 4.78 is 0. The minimum atomic E-state index is 0.550. The minimum absolute atomic E-state index is 0.550. The average Bonchev–Trinajstić information content (AvgIpc) is 2.21. The fourth-order valence-electron chi connectivity index (χ4n) is 1.99. The summed E-state index contributed by atoms with van der Waals surface area (Å²) in [7, 11) is 0. The Morgan fingerprint density at radius 3 is 2.53 bits per heavy atom. The molecular formula is C14H19Cl. The van der Waals surface area contributed by atoms with Gasteiger partial charge in [-0.05, 0) is 35.8 Å². The highest BCUT2D eigenvalue weighted by atomic mass is 35.5. The van der Waals surface area contributed by atoms with Gasteiger partial charge in [0.1, 0.15) is 0 Å². The highest BCUT2D eigenvalue weighted by molar-refractivity contribution is 6.30. The zero-order valence-electron chi connectivity index (χ0n) is 9.97. The van der Waals surface area contributed by atoms with Crippen molar-refractivity contribution in [1.29, 1.82) is 0 Å². The molecule has 0 aliphatic rings. The van der Waals surface area contributed by atoms with Crippen LogP contribution in [0.5, 0.6) is 0 Å². The van der Waals surface area contributed by atoms with E-state index < -0.39 is 0 Å². The zero-order chi connectivity index (χ0) is 11.4. The van der Waals surface area contributed by atoms with Crippen LogP contribution in [-0.2, 0) is 0 Å². The second-order valence-corrected chi connectivity index (χ2v) is 4.43. The molecule has 0 fully saturated rings. The van der Waals surface area contributed by atoms with E-state index in [0.717, 1.165) is 11.4 Å². The zero-order valence-corrected chi connectivity index (χ0v) is 10.7. The lowest BCUT2D eigenvalue weighted by Crippen LogP contribution is -2.29. The Labute approximate surface area is 97.3 Å². The molecule has 0 atom stereocenters. The van der Waals surface area contributed by atoms with Gasteiger partial charge in [-0.1, -0.05) is 56.2 Å². The fourth-order valence-corrected chi connectivity index (χ4v) is 2.30. The van der Waals surface area contributed by atoms with Crippen LogP contribution >= 0.6 is 11.6 Å². The number of halogens is 1. The molecule has 0 aliphatic heterocycles. The minimum Gasteiger partial charge on any atom is -0.0837 e. The highest BCUT2D eigenvalue weighted by Crippen LogP contribution is 2.14. The van der Waals surface area contributed by atoms with Crippen molar-refractivity contribution < 1.29 is 0 Å². The van der Waals surface area contributed by atoms with Gasteiger partial charge in [-0.3, -0.25) is 0 Å². The maximum atomic E-state index is 6.28. The summed E-state index contributed by atoms with van der Waals surface area (Å²) in [5.41, 5.74) is 1.44. The molecule has 0 bridgehead atoms. The largest absolute Gasteiger partial charge is 0.0837 e. The molecule has 0 saturated heterocycles. The van der Waals surface area contributed by atoms with Crippen LogP contribution in [0.1, 0.15) is 34.1 Å². The molecule has 1 aromatic rings. The van der Waals surface area contributed by atoms with Gasteiger partial charge in [0.05, 0.1) is 0 Å². The van der Waals surface area contributed by atoms with Crippen LogP contribution in [0.4, 0.5) is 0 Å². The Bertz CT molecular complexity index is 441. The Hall–Kier alpha value is -0.750. The van der Waals surface area contributed by atoms with Crippen molar-refractivity contribution in [3.8, 4) is 0 Å². The summed E-state index contributed by atoms with van der Waals surface area (Å²) in [6, 6.07) is 6.11. The number of rotatable bonds is 2. The molecule has 0 radical (unpaired) electrons. The Balaban J connectivity index is 3.73. The van der Waals surface area contributed by atoms with E-state index in [1.807, 2.05) is 12.1 Å². The predicted octanol–water partition coefficient (Wildman–Crippen LogP) is 3.36. The van der Waals surface area contributed by atoms with Gasteiger partial charge in [0, 0.05) is 5.02 Å². The van der Waals surface area contributed by atoms with Gasteiger partial charge in [-0.15, -0.1) is 0 Å². The van der Waals surface area contributed by atoms with Crippen molar-refractivity contribution in [3.05, 3.63) is 33.7 Å². The molecule has 0 N–H and O–H groups in total. The second kappa shape index (κ2) is 5.37. The third kappa shape index (κ3) is 2.63. The molecule has 1 heteroatoms. The summed E-state index contributed by atoms with van der Waals surface area (Å²) >= 11 is 6.28. The van der Waals surface area contributed by atoms with Gasteiger partial charge < -0.3 is 0 Å². The van der Waals surface area contributed by atoms with Crippen LogP contribution in [0.25, 0.3) is 11.6 Å². The lowest BCUT2D eigenvalue weighted by Gasteiger charge is -2.10. The average molecular weight is 223 g/mol. The van der Waals surface area contributed by atoms with Crippen LogP contribution in [-0.4, -0.2) is 0 Å². The molecule has 0 unspecified atom stereocenters.